The van der Waals surface area contributed by atoms with Crippen molar-refractivity contribution in [1.82, 2.24) is 0 Å². The van der Waals surface area contributed by atoms with E-state index >= 15 is 0 Å². The van der Waals surface area contributed by atoms with Crippen molar-refractivity contribution in [3.05, 3.63) is 66.2 Å². The van der Waals surface area contributed by atoms with Gasteiger partial charge < -0.3 is 5.11 Å². The summed E-state index contributed by atoms with van der Waals surface area (Å²) in [5.74, 6) is -1.12. The van der Waals surface area contributed by atoms with Crippen LogP contribution in [-0.4, -0.2) is 19.1 Å². The molecule has 0 heterocycles. The third kappa shape index (κ3) is 3.24. The van der Waals surface area contributed by atoms with Gasteiger partial charge in [-0.2, -0.15) is 0 Å². The van der Waals surface area contributed by atoms with Gasteiger partial charge in [-0.25, -0.2) is 0 Å². The predicted octanol–water partition coefficient (Wildman–Crippen LogP) is 3.65. The highest BCUT2D eigenvalue weighted by molar-refractivity contribution is 6.91. The van der Waals surface area contributed by atoms with Crippen LogP contribution in [0.5, 0.6) is 0 Å². The fourth-order valence-electron chi connectivity index (χ4n) is 3.18. The van der Waals surface area contributed by atoms with E-state index in [1.807, 2.05) is 43.3 Å². The molecule has 21 heavy (non-hydrogen) atoms. The molecule has 1 N–H and O–H groups in total. The Morgan fingerprint density at radius 1 is 0.952 bits per heavy atom. The van der Waals surface area contributed by atoms with Crippen LogP contribution in [0.2, 0.25) is 13.1 Å². The minimum absolute atomic E-state index is 0.0543. The summed E-state index contributed by atoms with van der Waals surface area (Å²) in [5.41, 5.74) is 1.19. The fraction of sp³-hybridized carbons (Fsp3) is 0.278. The van der Waals surface area contributed by atoms with Crippen LogP contribution in [0.25, 0.3) is 0 Å². The van der Waals surface area contributed by atoms with Crippen LogP contribution in [0.1, 0.15) is 18.0 Å². The van der Waals surface area contributed by atoms with E-state index in [0.717, 1.165) is 5.56 Å². The second-order valence-corrected chi connectivity index (χ2v) is 10.7. The average molecular weight is 299 g/mol. The van der Waals surface area contributed by atoms with Crippen molar-refractivity contribution in [3.63, 3.8) is 0 Å². The van der Waals surface area contributed by atoms with Gasteiger partial charge in [-0.1, -0.05) is 85.9 Å². The molecular weight excluding hydrogens is 277 g/mol. The molecule has 2 aromatic rings. The Balaban J connectivity index is 2.52. The first-order valence-electron chi connectivity index (χ1n) is 7.28. The number of hydrogen-bond acceptors (Lipinski definition) is 1. The molecule has 0 radical (unpaired) electrons. The van der Waals surface area contributed by atoms with Crippen molar-refractivity contribution in [2.24, 2.45) is 5.92 Å². The highest BCUT2D eigenvalue weighted by Gasteiger charge is 2.40. The summed E-state index contributed by atoms with van der Waals surface area (Å²) in [6, 6.07) is 20.4. The van der Waals surface area contributed by atoms with E-state index in [-0.39, 0.29) is 5.54 Å². The third-order valence-corrected chi connectivity index (χ3v) is 8.55. The average Bonchev–Trinajstić information content (AvgIpc) is 2.49. The van der Waals surface area contributed by atoms with Crippen LogP contribution < -0.4 is 5.19 Å². The largest absolute Gasteiger partial charge is 0.481 e. The van der Waals surface area contributed by atoms with Gasteiger partial charge in [0.15, 0.2) is 0 Å². The van der Waals surface area contributed by atoms with Gasteiger partial charge in [0.1, 0.15) is 0 Å². The van der Waals surface area contributed by atoms with Crippen LogP contribution >= 0.6 is 0 Å². The Kier molecular flexibility index (Phi) is 4.63. The number of benzene rings is 2. The summed E-state index contributed by atoms with van der Waals surface area (Å²) >= 11 is 0. The van der Waals surface area contributed by atoms with Crippen molar-refractivity contribution in [3.8, 4) is 0 Å². The van der Waals surface area contributed by atoms with E-state index in [9.17, 15) is 9.90 Å². The molecule has 2 nitrogen and oxygen atoms in total. The summed E-state index contributed by atoms with van der Waals surface area (Å²) in [4.78, 5) is 11.6. The Bertz CT molecular complexity index is 593. The minimum Gasteiger partial charge on any atom is -0.481 e. The predicted molar refractivity (Wildman–Crippen MR) is 89.5 cm³/mol. The molecule has 0 amide bonds. The molecular formula is C18H22O2Si. The molecule has 2 rings (SSSR count). The molecule has 0 aliphatic carbocycles. The summed E-state index contributed by atoms with van der Waals surface area (Å²) in [6.45, 7) is 6.36. The van der Waals surface area contributed by atoms with E-state index in [4.69, 9.17) is 0 Å². The van der Waals surface area contributed by atoms with E-state index < -0.39 is 20.0 Å². The molecule has 2 atom stereocenters. The maximum absolute atomic E-state index is 11.6. The van der Waals surface area contributed by atoms with Crippen LogP contribution in [0.15, 0.2) is 60.7 Å². The minimum atomic E-state index is -1.96. The monoisotopic (exact) mass is 299 g/mol. The smallest absolute Gasteiger partial charge is 0.306 e. The fourth-order valence-corrected chi connectivity index (χ4v) is 7.01. The molecule has 0 fully saturated rings. The Labute approximate surface area is 127 Å². The maximum Gasteiger partial charge on any atom is 0.306 e. The molecule has 0 bridgehead atoms. The van der Waals surface area contributed by atoms with Gasteiger partial charge in [-0.15, -0.1) is 0 Å². The highest BCUT2D eigenvalue weighted by atomic mass is 28.3. The molecule has 0 saturated carbocycles. The molecule has 0 aliphatic rings. The zero-order valence-electron chi connectivity index (χ0n) is 12.8. The first-order valence-corrected chi connectivity index (χ1v) is 10.4. The number of hydrogen-bond donors (Lipinski definition) is 1. The summed E-state index contributed by atoms with van der Waals surface area (Å²) in [5, 5.41) is 10.8. The second kappa shape index (κ2) is 6.27. The molecule has 0 aromatic heterocycles. The lowest BCUT2D eigenvalue weighted by Gasteiger charge is -2.36. The Morgan fingerprint density at radius 3 is 1.90 bits per heavy atom. The van der Waals surface area contributed by atoms with E-state index in [1.54, 1.807) is 0 Å². The third-order valence-electron chi connectivity index (χ3n) is 4.34. The van der Waals surface area contributed by atoms with E-state index in [0.29, 0.717) is 0 Å². The van der Waals surface area contributed by atoms with Gasteiger partial charge in [-0.05, 0) is 11.1 Å². The van der Waals surface area contributed by atoms with Gasteiger partial charge in [0, 0.05) is 0 Å². The zero-order chi connectivity index (χ0) is 15.5. The normalized spacial score (nSPS) is 14.4. The number of aliphatic carboxylic acids is 1. The van der Waals surface area contributed by atoms with Crippen molar-refractivity contribution in [1.29, 1.82) is 0 Å². The van der Waals surface area contributed by atoms with Gasteiger partial charge >= 0.3 is 5.97 Å². The Hall–Kier alpha value is -1.87. The molecule has 2 aromatic carbocycles. The molecule has 110 valence electrons. The van der Waals surface area contributed by atoms with Gasteiger partial charge in [0.25, 0.3) is 0 Å². The lowest BCUT2D eigenvalue weighted by atomic mass is 10.2. The first kappa shape index (κ1) is 15.5. The first-order chi connectivity index (χ1) is 9.94. The summed E-state index contributed by atoms with van der Waals surface area (Å²) in [7, 11) is -1.96. The lowest BCUT2D eigenvalue weighted by molar-refractivity contribution is -0.141. The molecule has 0 unspecified atom stereocenters. The summed E-state index contributed by atoms with van der Waals surface area (Å²) in [6.07, 6.45) is 0. The van der Waals surface area contributed by atoms with Gasteiger partial charge in [0.05, 0.1) is 14.0 Å². The van der Waals surface area contributed by atoms with E-state index in [2.05, 4.69) is 37.4 Å². The molecule has 3 heteroatoms. The van der Waals surface area contributed by atoms with Gasteiger partial charge in [-0.3, -0.25) is 4.79 Å². The maximum atomic E-state index is 11.6. The second-order valence-electron chi connectivity index (χ2n) is 6.10. The van der Waals surface area contributed by atoms with Crippen LogP contribution in [-0.2, 0) is 4.79 Å². The van der Waals surface area contributed by atoms with Crippen LogP contribution in [0.4, 0.5) is 0 Å². The van der Waals surface area contributed by atoms with Crippen molar-refractivity contribution in [2.75, 3.05) is 0 Å². The molecule has 0 spiro atoms. The number of carbonyl (C=O) groups is 1. The lowest BCUT2D eigenvalue weighted by Crippen LogP contribution is -2.51. The van der Waals surface area contributed by atoms with Crippen molar-refractivity contribution in [2.45, 2.75) is 25.6 Å². The topological polar surface area (TPSA) is 37.3 Å². The summed E-state index contributed by atoms with van der Waals surface area (Å²) < 4.78 is 0. The number of carboxylic acids is 1. The SMILES string of the molecule is C[C@@H](C(=O)O)[13C@@H](c1ccccc1)[Si](C)(C)c1ccccc1. The number of carboxylic acid groups (broad SMARTS) is 1. The van der Waals surface area contributed by atoms with Crippen LogP contribution in [0.3, 0.4) is 0 Å². The molecule has 0 aliphatic heterocycles. The Morgan fingerprint density at radius 2 is 1.43 bits per heavy atom. The van der Waals surface area contributed by atoms with Gasteiger partial charge in [0.2, 0.25) is 0 Å². The quantitative estimate of drug-likeness (QED) is 0.676. The highest BCUT2D eigenvalue weighted by Crippen LogP contribution is 2.34. The van der Waals surface area contributed by atoms with Crippen molar-refractivity contribution < 1.29 is 9.90 Å². The zero-order valence-corrected chi connectivity index (χ0v) is 13.8. The number of rotatable bonds is 5. The standard InChI is InChI=1S/C18H22O2Si/c1-14(18(19)20)17(15-10-6-4-7-11-15)21(2,3)16-12-8-5-9-13-16/h4-14,17H,1-3H3,(H,19,20)/t14-,17+/m1/s1/i17+1. The van der Waals surface area contributed by atoms with E-state index in [1.165, 1.54) is 5.19 Å². The van der Waals surface area contributed by atoms with Crippen molar-refractivity contribution >= 4 is 19.2 Å². The molecule has 0 saturated heterocycles. The van der Waals surface area contributed by atoms with Crippen LogP contribution in [0, 0.1) is 5.92 Å².